The number of aryl methyl sites for hydroxylation is 1. The zero-order chi connectivity index (χ0) is 30.4. The van der Waals surface area contributed by atoms with Crippen LogP contribution in [0, 0.1) is 6.92 Å². The predicted molar refractivity (Wildman–Crippen MR) is 156 cm³/mol. The minimum atomic E-state index is -3.68. The van der Waals surface area contributed by atoms with E-state index in [9.17, 15) is 18.4 Å². The second kappa shape index (κ2) is 12.5. The Hall–Kier alpha value is -5.26. The van der Waals surface area contributed by atoms with E-state index in [0.717, 1.165) is 11.1 Å². The number of amides is 2. The van der Waals surface area contributed by atoms with Gasteiger partial charge in [0, 0.05) is 28.7 Å². The Balaban J connectivity index is 1.39. The van der Waals surface area contributed by atoms with Gasteiger partial charge >= 0.3 is 6.29 Å². The molecule has 12 heteroatoms. The Morgan fingerprint density at radius 3 is 2.36 bits per heavy atom. The number of benzene rings is 2. The second-order valence-electron chi connectivity index (χ2n) is 9.52. The van der Waals surface area contributed by atoms with E-state index in [1.165, 1.54) is 31.5 Å². The molecule has 2 aromatic carbocycles. The van der Waals surface area contributed by atoms with E-state index >= 15 is 0 Å². The number of ether oxygens (including phenoxy) is 2. The van der Waals surface area contributed by atoms with Gasteiger partial charge in [-0.2, -0.15) is 0 Å². The van der Waals surface area contributed by atoms with E-state index < -0.39 is 6.29 Å². The van der Waals surface area contributed by atoms with Crippen LogP contribution >= 0.6 is 0 Å². The first-order valence-electron chi connectivity index (χ1n) is 12.9. The van der Waals surface area contributed by atoms with Gasteiger partial charge in [0.1, 0.15) is 5.76 Å². The van der Waals surface area contributed by atoms with Crippen molar-refractivity contribution in [2.45, 2.75) is 40.0 Å². The van der Waals surface area contributed by atoms with Crippen LogP contribution in [-0.2, 0) is 14.3 Å². The van der Waals surface area contributed by atoms with Crippen molar-refractivity contribution >= 4 is 40.5 Å². The Morgan fingerprint density at radius 2 is 1.69 bits per heavy atom. The number of carbonyl (C=O) groups excluding carboxylic acids is 2. The number of nitrogens with one attached hydrogen (secondary N) is 4. The van der Waals surface area contributed by atoms with Crippen LogP contribution in [0.25, 0.3) is 0 Å². The Bertz CT molecular complexity index is 1570. The van der Waals surface area contributed by atoms with Crippen LogP contribution in [0.1, 0.15) is 36.7 Å². The number of anilines is 5. The number of nitrogens with zero attached hydrogens (tertiary/aromatic N) is 2. The Labute approximate surface area is 241 Å². The Kier molecular flexibility index (Phi) is 8.84. The SMILES string of the molecule is C=CC(=O)Nc1cccc(Nc2ncc(NC(=O)c3cc(NC(C)C(C)=CC4=C(C)OC(F)(F)O4)ccc3C)cn2)c1. The zero-order valence-electron chi connectivity index (χ0n) is 23.4. The lowest BCUT2D eigenvalue weighted by Crippen LogP contribution is -2.19. The highest BCUT2D eigenvalue weighted by molar-refractivity contribution is 6.05. The molecule has 4 N–H and O–H groups in total. The fourth-order valence-corrected chi connectivity index (χ4v) is 3.89. The smallest absolute Gasteiger partial charge is 0.400 e. The summed E-state index contributed by atoms with van der Waals surface area (Å²) < 4.78 is 35.6. The van der Waals surface area contributed by atoms with Gasteiger partial charge in [-0.05, 0) is 81.3 Å². The summed E-state index contributed by atoms with van der Waals surface area (Å²) in [6.07, 6.45) is 1.94. The normalized spacial score (nSPS) is 14.8. The summed E-state index contributed by atoms with van der Waals surface area (Å²) in [7, 11) is 0. The van der Waals surface area contributed by atoms with Crippen molar-refractivity contribution < 1.29 is 27.8 Å². The quantitative estimate of drug-likeness (QED) is 0.202. The van der Waals surface area contributed by atoms with E-state index in [1.54, 1.807) is 43.3 Å². The predicted octanol–water partition coefficient (Wildman–Crippen LogP) is 6.48. The number of hydrogen-bond donors (Lipinski definition) is 4. The summed E-state index contributed by atoms with van der Waals surface area (Å²) in [4.78, 5) is 33.1. The number of hydrogen-bond acceptors (Lipinski definition) is 8. The lowest BCUT2D eigenvalue weighted by molar-refractivity contribution is -0.336. The minimum Gasteiger partial charge on any atom is -0.400 e. The van der Waals surface area contributed by atoms with Crippen molar-refractivity contribution in [1.82, 2.24) is 9.97 Å². The molecule has 2 amide bonds. The number of allylic oxidation sites excluding steroid dienone is 2. The molecule has 0 saturated heterocycles. The molecule has 1 aliphatic rings. The first-order chi connectivity index (χ1) is 19.9. The van der Waals surface area contributed by atoms with Gasteiger partial charge in [-0.1, -0.05) is 18.7 Å². The average Bonchev–Trinajstić information content (AvgIpc) is 3.21. The molecular formula is C30H30F2N6O4. The summed E-state index contributed by atoms with van der Waals surface area (Å²) in [5.41, 5.74) is 4.18. The second-order valence-corrected chi connectivity index (χ2v) is 9.52. The zero-order valence-corrected chi connectivity index (χ0v) is 23.4. The molecule has 2 heterocycles. The molecule has 0 spiro atoms. The fraction of sp³-hybridized carbons (Fsp3) is 0.200. The van der Waals surface area contributed by atoms with Gasteiger partial charge in [-0.15, -0.1) is 8.78 Å². The van der Waals surface area contributed by atoms with E-state index in [0.29, 0.717) is 34.3 Å². The summed E-state index contributed by atoms with van der Waals surface area (Å²) in [6, 6.07) is 12.1. The third-order valence-corrected chi connectivity index (χ3v) is 6.24. The van der Waals surface area contributed by atoms with Crippen LogP contribution in [0.4, 0.5) is 37.5 Å². The maximum Gasteiger partial charge on any atom is 0.585 e. The summed E-state index contributed by atoms with van der Waals surface area (Å²) >= 11 is 0. The maximum atomic E-state index is 13.3. The molecule has 0 aliphatic carbocycles. The topological polar surface area (TPSA) is 127 Å². The van der Waals surface area contributed by atoms with Gasteiger partial charge in [0.2, 0.25) is 11.9 Å². The highest BCUT2D eigenvalue weighted by atomic mass is 19.3. The van der Waals surface area contributed by atoms with Gasteiger partial charge in [0.25, 0.3) is 5.91 Å². The van der Waals surface area contributed by atoms with Gasteiger partial charge in [0.05, 0.1) is 18.1 Å². The molecule has 218 valence electrons. The number of alkyl halides is 2. The largest absolute Gasteiger partial charge is 0.585 e. The lowest BCUT2D eigenvalue weighted by atomic mass is 10.1. The maximum absolute atomic E-state index is 13.3. The molecular weight excluding hydrogens is 546 g/mol. The number of halogens is 2. The van der Waals surface area contributed by atoms with Crippen LogP contribution in [-0.4, -0.2) is 34.1 Å². The van der Waals surface area contributed by atoms with E-state index in [1.807, 2.05) is 19.9 Å². The molecule has 1 aliphatic heterocycles. The van der Waals surface area contributed by atoms with Crippen molar-refractivity contribution in [3.63, 3.8) is 0 Å². The molecule has 1 atom stereocenters. The molecule has 1 unspecified atom stereocenters. The molecule has 4 rings (SSSR count). The van der Waals surface area contributed by atoms with Gasteiger partial charge in [-0.3, -0.25) is 9.59 Å². The molecule has 0 fully saturated rings. The van der Waals surface area contributed by atoms with Crippen LogP contribution in [0.3, 0.4) is 0 Å². The molecule has 10 nitrogen and oxygen atoms in total. The van der Waals surface area contributed by atoms with Crippen molar-refractivity contribution in [1.29, 1.82) is 0 Å². The highest BCUT2D eigenvalue weighted by Crippen LogP contribution is 2.34. The molecule has 0 radical (unpaired) electrons. The van der Waals surface area contributed by atoms with E-state index in [4.69, 9.17) is 0 Å². The minimum absolute atomic E-state index is 0.00270. The van der Waals surface area contributed by atoms with Crippen molar-refractivity contribution in [3.05, 3.63) is 102 Å². The van der Waals surface area contributed by atoms with Gasteiger partial charge in [-0.25, -0.2) is 9.97 Å². The van der Waals surface area contributed by atoms with Gasteiger partial charge in [0.15, 0.2) is 5.76 Å². The summed E-state index contributed by atoms with van der Waals surface area (Å²) in [6.45, 7) is 10.3. The molecule has 1 aromatic heterocycles. The molecule has 0 bridgehead atoms. The molecule has 3 aromatic rings. The summed E-state index contributed by atoms with van der Waals surface area (Å²) in [5.74, 6) is -0.426. The standard InChI is InChI=1S/C30H30F2N6O4/c1-6-27(39)36-21-8-7-9-22(13-21)38-29-33-15-24(16-34-29)37-28(40)25-14-23(11-10-17(25)2)35-19(4)18(3)12-26-20(5)41-30(31,32)42-26/h6-16,19,35H,1H2,2-5H3,(H,36,39)(H,37,40)(H,33,34,38). The lowest BCUT2D eigenvalue weighted by Gasteiger charge is -2.18. The van der Waals surface area contributed by atoms with Crippen molar-refractivity contribution in [2.24, 2.45) is 0 Å². The average molecular weight is 577 g/mol. The van der Waals surface area contributed by atoms with Crippen LogP contribution in [0.2, 0.25) is 0 Å². The fourth-order valence-electron chi connectivity index (χ4n) is 3.89. The van der Waals surface area contributed by atoms with Crippen LogP contribution in [0.15, 0.2) is 90.7 Å². The Morgan fingerprint density at radius 1 is 0.976 bits per heavy atom. The third kappa shape index (κ3) is 7.68. The first kappa shape index (κ1) is 29.7. The van der Waals surface area contributed by atoms with Crippen LogP contribution in [0.5, 0.6) is 0 Å². The number of aromatic nitrogens is 2. The van der Waals surface area contributed by atoms with Crippen molar-refractivity contribution in [3.8, 4) is 0 Å². The van der Waals surface area contributed by atoms with E-state index in [2.05, 4.69) is 47.3 Å². The van der Waals surface area contributed by atoms with Gasteiger partial charge < -0.3 is 30.7 Å². The number of rotatable bonds is 10. The highest BCUT2D eigenvalue weighted by Gasteiger charge is 2.42. The molecule has 42 heavy (non-hydrogen) atoms. The van der Waals surface area contributed by atoms with Crippen molar-refractivity contribution in [2.75, 3.05) is 21.3 Å². The van der Waals surface area contributed by atoms with E-state index in [-0.39, 0.29) is 29.4 Å². The monoisotopic (exact) mass is 576 g/mol. The third-order valence-electron chi connectivity index (χ3n) is 6.24. The molecule has 0 saturated carbocycles. The van der Waals surface area contributed by atoms with Crippen LogP contribution < -0.4 is 21.3 Å². The number of carbonyl (C=O) groups is 2. The first-order valence-corrected chi connectivity index (χ1v) is 12.9. The summed E-state index contributed by atoms with van der Waals surface area (Å²) in [5, 5.41) is 11.8.